The van der Waals surface area contributed by atoms with Crippen molar-refractivity contribution in [3.8, 4) is 11.1 Å². The van der Waals surface area contributed by atoms with Crippen LogP contribution in [0.3, 0.4) is 0 Å². The van der Waals surface area contributed by atoms with Crippen LogP contribution in [-0.2, 0) is 0 Å². The summed E-state index contributed by atoms with van der Waals surface area (Å²) in [6.07, 6.45) is 3.41. The molecule has 1 N–H and O–H groups in total. The zero-order chi connectivity index (χ0) is 14.0. The van der Waals surface area contributed by atoms with Gasteiger partial charge < -0.3 is 5.11 Å². The maximum Gasteiger partial charge on any atom is 0.355 e. The molecular formula is C14H14N2O2S. The summed E-state index contributed by atoms with van der Waals surface area (Å²) in [6.45, 7) is 3.97. The molecule has 1 aromatic heterocycles. The lowest BCUT2D eigenvalue weighted by Crippen LogP contribution is -2.06. The standard InChI is InChI=1S/C14H14N2O2S/c1-8-5-4-6-10(9(8)2)11-7-15-14(19-3)16-12(11)13(17)18/h4-7H,1-3H3,(H,17,18). The van der Waals surface area contributed by atoms with Gasteiger partial charge in [-0.15, -0.1) is 0 Å². The fraction of sp³-hybridized carbons (Fsp3) is 0.214. The van der Waals surface area contributed by atoms with Crippen molar-refractivity contribution in [3.63, 3.8) is 0 Å². The third-order valence-corrected chi connectivity index (χ3v) is 3.61. The highest BCUT2D eigenvalue weighted by atomic mass is 32.2. The summed E-state index contributed by atoms with van der Waals surface area (Å²) in [7, 11) is 0. The van der Waals surface area contributed by atoms with E-state index < -0.39 is 5.97 Å². The van der Waals surface area contributed by atoms with Gasteiger partial charge in [-0.2, -0.15) is 0 Å². The monoisotopic (exact) mass is 274 g/mol. The van der Waals surface area contributed by atoms with E-state index in [9.17, 15) is 9.90 Å². The molecule has 2 aromatic rings. The van der Waals surface area contributed by atoms with Crippen molar-refractivity contribution in [1.29, 1.82) is 0 Å². The Morgan fingerprint density at radius 2 is 2.00 bits per heavy atom. The van der Waals surface area contributed by atoms with Crippen LogP contribution >= 0.6 is 11.8 Å². The summed E-state index contributed by atoms with van der Waals surface area (Å²) in [4.78, 5) is 19.6. The summed E-state index contributed by atoms with van der Waals surface area (Å²) in [6, 6.07) is 5.80. The molecule has 19 heavy (non-hydrogen) atoms. The van der Waals surface area contributed by atoms with Gasteiger partial charge in [0.25, 0.3) is 0 Å². The molecule has 1 aromatic carbocycles. The number of aryl methyl sites for hydroxylation is 1. The molecule has 5 heteroatoms. The zero-order valence-electron chi connectivity index (χ0n) is 11.0. The van der Waals surface area contributed by atoms with Crippen molar-refractivity contribution in [2.24, 2.45) is 0 Å². The number of benzene rings is 1. The highest BCUT2D eigenvalue weighted by Gasteiger charge is 2.17. The highest BCUT2D eigenvalue weighted by Crippen LogP contribution is 2.28. The predicted octanol–water partition coefficient (Wildman–Crippen LogP) is 3.18. The number of carboxylic acid groups (broad SMARTS) is 1. The van der Waals surface area contributed by atoms with Gasteiger partial charge >= 0.3 is 5.97 Å². The Labute approximate surface area is 115 Å². The lowest BCUT2D eigenvalue weighted by atomic mass is 9.97. The van der Waals surface area contributed by atoms with Gasteiger partial charge in [0.1, 0.15) is 0 Å². The molecule has 4 nitrogen and oxygen atoms in total. The van der Waals surface area contributed by atoms with Crippen LogP contribution in [0, 0.1) is 13.8 Å². The summed E-state index contributed by atoms with van der Waals surface area (Å²) < 4.78 is 0. The number of thioether (sulfide) groups is 1. The van der Waals surface area contributed by atoms with Crippen LogP contribution in [0.25, 0.3) is 11.1 Å². The van der Waals surface area contributed by atoms with Crippen LogP contribution in [0.1, 0.15) is 21.6 Å². The average Bonchev–Trinajstić information content (AvgIpc) is 2.41. The summed E-state index contributed by atoms with van der Waals surface area (Å²) in [5.74, 6) is -1.03. The Balaban J connectivity index is 2.68. The zero-order valence-corrected chi connectivity index (χ0v) is 11.8. The summed E-state index contributed by atoms with van der Waals surface area (Å²) >= 11 is 1.33. The third-order valence-electron chi connectivity index (χ3n) is 3.05. The maximum atomic E-state index is 11.4. The molecule has 0 spiro atoms. The number of carbonyl (C=O) groups is 1. The number of rotatable bonds is 3. The smallest absolute Gasteiger partial charge is 0.355 e. The largest absolute Gasteiger partial charge is 0.476 e. The first-order chi connectivity index (χ1) is 9.04. The first-order valence-corrected chi connectivity index (χ1v) is 6.98. The Bertz CT molecular complexity index is 641. The van der Waals surface area contributed by atoms with Gasteiger partial charge in [0, 0.05) is 11.8 Å². The minimum absolute atomic E-state index is 0.0491. The molecule has 0 aliphatic carbocycles. The van der Waals surface area contributed by atoms with Crippen molar-refractivity contribution in [2.75, 3.05) is 6.26 Å². The second-order valence-corrected chi connectivity index (χ2v) is 4.95. The molecule has 0 amide bonds. The molecule has 98 valence electrons. The Morgan fingerprint density at radius 1 is 1.26 bits per heavy atom. The van der Waals surface area contributed by atoms with E-state index >= 15 is 0 Å². The predicted molar refractivity (Wildman–Crippen MR) is 75.7 cm³/mol. The van der Waals surface area contributed by atoms with Crippen LogP contribution in [0.2, 0.25) is 0 Å². The van der Waals surface area contributed by atoms with Gasteiger partial charge in [-0.05, 0) is 36.8 Å². The molecule has 0 unspecified atom stereocenters. The van der Waals surface area contributed by atoms with E-state index in [0.717, 1.165) is 16.7 Å². The molecular weight excluding hydrogens is 260 g/mol. The molecule has 0 aliphatic rings. The fourth-order valence-corrected chi connectivity index (χ4v) is 2.21. The second kappa shape index (κ2) is 5.40. The SMILES string of the molecule is CSc1ncc(-c2cccc(C)c2C)c(C(=O)O)n1. The molecule has 1 heterocycles. The molecule has 0 radical (unpaired) electrons. The van der Waals surface area contributed by atoms with Gasteiger partial charge in [0.05, 0.1) is 0 Å². The van der Waals surface area contributed by atoms with E-state index in [4.69, 9.17) is 0 Å². The van der Waals surface area contributed by atoms with Crippen molar-refractivity contribution < 1.29 is 9.90 Å². The van der Waals surface area contributed by atoms with Gasteiger partial charge in [-0.1, -0.05) is 30.0 Å². The van der Waals surface area contributed by atoms with Gasteiger partial charge in [0.15, 0.2) is 10.9 Å². The maximum absolute atomic E-state index is 11.4. The molecule has 0 aliphatic heterocycles. The average molecular weight is 274 g/mol. The van der Waals surface area contributed by atoms with Crippen LogP contribution in [0.5, 0.6) is 0 Å². The van der Waals surface area contributed by atoms with Crippen molar-refractivity contribution in [3.05, 3.63) is 41.2 Å². The van der Waals surface area contributed by atoms with E-state index in [1.54, 1.807) is 6.20 Å². The minimum Gasteiger partial charge on any atom is -0.476 e. The normalized spacial score (nSPS) is 10.5. The van der Waals surface area contributed by atoms with Crippen molar-refractivity contribution in [1.82, 2.24) is 9.97 Å². The second-order valence-electron chi connectivity index (χ2n) is 4.17. The molecule has 0 atom stereocenters. The number of aromatic carboxylic acids is 1. The Morgan fingerprint density at radius 3 is 2.63 bits per heavy atom. The fourth-order valence-electron chi connectivity index (χ4n) is 1.87. The highest BCUT2D eigenvalue weighted by molar-refractivity contribution is 7.98. The number of aromatic nitrogens is 2. The Kier molecular flexibility index (Phi) is 3.85. The minimum atomic E-state index is -1.03. The topological polar surface area (TPSA) is 63.1 Å². The number of hydrogen-bond acceptors (Lipinski definition) is 4. The van der Waals surface area contributed by atoms with Crippen LogP contribution in [0.15, 0.2) is 29.6 Å². The van der Waals surface area contributed by atoms with Crippen molar-refractivity contribution in [2.45, 2.75) is 19.0 Å². The van der Waals surface area contributed by atoms with Crippen molar-refractivity contribution >= 4 is 17.7 Å². The first-order valence-electron chi connectivity index (χ1n) is 5.75. The lowest BCUT2D eigenvalue weighted by Gasteiger charge is -2.11. The summed E-state index contributed by atoms with van der Waals surface area (Å²) in [5, 5.41) is 9.77. The van der Waals surface area contributed by atoms with E-state index in [0.29, 0.717) is 10.7 Å². The van der Waals surface area contributed by atoms with Crippen LogP contribution in [-0.4, -0.2) is 27.3 Å². The van der Waals surface area contributed by atoms with Crippen LogP contribution in [0.4, 0.5) is 0 Å². The van der Waals surface area contributed by atoms with Gasteiger partial charge in [-0.3, -0.25) is 0 Å². The number of hydrogen-bond donors (Lipinski definition) is 1. The van der Waals surface area contributed by atoms with E-state index in [-0.39, 0.29) is 5.69 Å². The summed E-state index contributed by atoms with van der Waals surface area (Å²) in [5.41, 5.74) is 3.64. The molecule has 0 fully saturated rings. The van der Waals surface area contributed by atoms with Gasteiger partial charge in [0.2, 0.25) is 0 Å². The molecule has 0 saturated heterocycles. The third kappa shape index (κ3) is 2.61. The molecule has 0 bridgehead atoms. The lowest BCUT2D eigenvalue weighted by molar-refractivity contribution is 0.0690. The molecule has 2 rings (SSSR count). The quantitative estimate of drug-likeness (QED) is 0.688. The molecule has 0 saturated carbocycles. The first kappa shape index (κ1) is 13.5. The Hall–Kier alpha value is -1.88. The van der Waals surface area contributed by atoms with E-state index in [1.807, 2.05) is 38.3 Å². The number of carboxylic acids is 1. The van der Waals surface area contributed by atoms with Gasteiger partial charge in [-0.25, -0.2) is 14.8 Å². The number of nitrogens with zero attached hydrogens (tertiary/aromatic N) is 2. The van der Waals surface area contributed by atoms with E-state index in [1.165, 1.54) is 11.8 Å². The van der Waals surface area contributed by atoms with E-state index in [2.05, 4.69) is 9.97 Å². The van der Waals surface area contributed by atoms with Crippen LogP contribution < -0.4 is 0 Å².